The Bertz CT molecular complexity index is 1200. The lowest BCUT2D eigenvalue weighted by atomic mass is 9.95. The highest BCUT2D eigenvalue weighted by molar-refractivity contribution is 7.13. The van der Waals surface area contributed by atoms with Crippen LogP contribution in [0.5, 0.6) is 11.5 Å². The van der Waals surface area contributed by atoms with Crippen LogP contribution in [0.3, 0.4) is 0 Å². The second kappa shape index (κ2) is 9.07. The quantitative estimate of drug-likeness (QED) is 0.541. The van der Waals surface area contributed by atoms with E-state index < -0.39 is 23.5 Å². The average molecular weight is 449 g/mol. The summed E-state index contributed by atoms with van der Waals surface area (Å²) in [5.41, 5.74) is 1.38. The zero-order chi connectivity index (χ0) is 22.7. The summed E-state index contributed by atoms with van der Waals surface area (Å²) in [6.07, 6.45) is 4.56. The van der Waals surface area contributed by atoms with Gasteiger partial charge in [-0.05, 0) is 29.3 Å². The van der Waals surface area contributed by atoms with Gasteiger partial charge in [0.25, 0.3) is 5.91 Å². The summed E-state index contributed by atoms with van der Waals surface area (Å²) in [7, 11) is 3.02. The minimum Gasteiger partial charge on any atom is -0.503 e. The number of rotatable bonds is 7. The predicted octanol–water partition coefficient (Wildman–Crippen LogP) is 4.34. The van der Waals surface area contributed by atoms with Gasteiger partial charge in [-0.25, -0.2) is 4.98 Å². The monoisotopic (exact) mass is 448 g/mol. The number of methoxy groups -OCH3 is 2. The average Bonchev–Trinajstić information content (AvgIpc) is 3.44. The highest BCUT2D eigenvalue weighted by Crippen LogP contribution is 2.43. The number of anilines is 1. The smallest absolute Gasteiger partial charge is 0.296 e. The molecular formula is C24H20N2O5S. The summed E-state index contributed by atoms with van der Waals surface area (Å²) in [5, 5.41) is 12.8. The Kier molecular flexibility index (Phi) is 6.04. The number of aliphatic hydroxyl groups excluding tert-OH is 1. The van der Waals surface area contributed by atoms with Gasteiger partial charge in [-0.1, -0.05) is 42.5 Å². The van der Waals surface area contributed by atoms with Gasteiger partial charge in [0.1, 0.15) is 0 Å². The fourth-order valence-electron chi connectivity index (χ4n) is 3.55. The van der Waals surface area contributed by atoms with Crippen molar-refractivity contribution in [1.82, 2.24) is 4.98 Å². The second-order valence-electron chi connectivity index (χ2n) is 6.88. The van der Waals surface area contributed by atoms with Crippen molar-refractivity contribution >= 4 is 34.2 Å². The number of carbonyl (C=O) groups is 2. The van der Waals surface area contributed by atoms with E-state index in [2.05, 4.69) is 4.98 Å². The first-order chi connectivity index (χ1) is 15.5. The number of thiazole rings is 1. The molecule has 162 valence electrons. The van der Waals surface area contributed by atoms with Crippen LogP contribution in [0.2, 0.25) is 0 Å². The van der Waals surface area contributed by atoms with Crippen LogP contribution in [0.15, 0.2) is 77.5 Å². The van der Waals surface area contributed by atoms with Crippen LogP contribution >= 0.6 is 11.3 Å². The summed E-state index contributed by atoms with van der Waals surface area (Å²) in [4.78, 5) is 31.7. The molecule has 7 nitrogen and oxygen atoms in total. The van der Waals surface area contributed by atoms with E-state index in [1.54, 1.807) is 35.9 Å². The highest BCUT2D eigenvalue weighted by Gasteiger charge is 2.45. The van der Waals surface area contributed by atoms with Crippen LogP contribution in [-0.2, 0) is 9.59 Å². The van der Waals surface area contributed by atoms with Crippen LogP contribution in [0.4, 0.5) is 5.13 Å². The number of ketones is 1. The van der Waals surface area contributed by atoms with Crippen molar-refractivity contribution in [2.75, 3.05) is 19.1 Å². The number of carbonyl (C=O) groups excluding carboxylic acids is 2. The second-order valence-corrected chi connectivity index (χ2v) is 7.75. The number of aromatic nitrogens is 1. The van der Waals surface area contributed by atoms with Crippen molar-refractivity contribution in [3.05, 3.63) is 88.6 Å². The molecule has 1 aromatic heterocycles. The van der Waals surface area contributed by atoms with Gasteiger partial charge >= 0.3 is 0 Å². The molecule has 0 bridgehead atoms. The first kappa shape index (κ1) is 21.3. The first-order valence-electron chi connectivity index (χ1n) is 9.70. The zero-order valence-electron chi connectivity index (χ0n) is 17.4. The number of amides is 1. The zero-order valence-corrected chi connectivity index (χ0v) is 18.2. The first-order valence-corrected chi connectivity index (χ1v) is 10.6. The number of hydrogen-bond acceptors (Lipinski definition) is 7. The highest BCUT2D eigenvalue weighted by atomic mass is 32.1. The van der Waals surface area contributed by atoms with Gasteiger partial charge < -0.3 is 14.6 Å². The molecule has 0 aliphatic carbocycles. The number of ether oxygens (including phenoxy) is 2. The molecule has 0 saturated heterocycles. The van der Waals surface area contributed by atoms with E-state index in [0.29, 0.717) is 22.2 Å². The van der Waals surface area contributed by atoms with Crippen molar-refractivity contribution < 1.29 is 24.2 Å². The van der Waals surface area contributed by atoms with E-state index in [1.807, 2.05) is 30.3 Å². The minimum atomic E-state index is -0.874. The van der Waals surface area contributed by atoms with Gasteiger partial charge in [0.05, 0.1) is 25.8 Å². The lowest BCUT2D eigenvalue weighted by Gasteiger charge is -2.24. The molecule has 4 rings (SSSR count). The maximum Gasteiger partial charge on any atom is 0.296 e. The molecule has 1 aliphatic heterocycles. The van der Waals surface area contributed by atoms with Crippen molar-refractivity contribution in [2.45, 2.75) is 6.04 Å². The van der Waals surface area contributed by atoms with Crippen molar-refractivity contribution in [3.8, 4) is 11.5 Å². The van der Waals surface area contributed by atoms with Crippen LogP contribution in [0.25, 0.3) is 6.08 Å². The lowest BCUT2D eigenvalue weighted by molar-refractivity contribution is -0.117. The van der Waals surface area contributed by atoms with E-state index in [1.165, 1.54) is 36.5 Å². The van der Waals surface area contributed by atoms with Crippen LogP contribution in [-0.4, -0.2) is 36.0 Å². The third kappa shape index (κ3) is 3.88. The Hall–Kier alpha value is -3.91. The lowest BCUT2D eigenvalue weighted by Crippen LogP contribution is -2.30. The molecule has 0 radical (unpaired) electrons. The Morgan fingerprint density at radius 2 is 1.88 bits per heavy atom. The fourth-order valence-corrected chi connectivity index (χ4v) is 4.22. The maximum atomic E-state index is 13.2. The number of hydrogen-bond donors (Lipinski definition) is 1. The van der Waals surface area contributed by atoms with Gasteiger partial charge in [-0.3, -0.25) is 14.5 Å². The third-order valence-electron chi connectivity index (χ3n) is 5.05. The summed E-state index contributed by atoms with van der Waals surface area (Å²) in [5.74, 6) is -0.807. The van der Waals surface area contributed by atoms with E-state index in [0.717, 1.165) is 5.56 Å². The summed E-state index contributed by atoms with van der Waals surface area (Å²) in [6.45, 7) is 0. The number of benzene rings is 2. The maximum absolute atomic E-state index is 13.2. The van der Waals surface area contributed by atoms with Gasteiger partial charge in [0, 0.05) is 11.6 Å². The van der Waals surface area contributed by atoms with Gasteiger partial charge in [-0.15, -0.1) is 11.3 Å². The molecular weight excluding hydrogens is 428 g/mol. The number of nitrogens with zero attached hydrogens (tertiary/aromatic N) is 2. The van der Waals surface area contributed by atoms with Crippen molar-refractivity contribution in [1.29, 1.82) is 0 Å². The van der Waals surface area contributed by atoms with Gasteiger partial charge in [0.2, 0.25) is 0 Å². The van der Waals surface area contributed by atoms with E-state index in [9.17, 15) is 14.7 Å². The minimum absolute atomic E-state index is 0.0235. The normalized spacial score (nSPS) is 16.1. The standard InChI is InChI=1S/C24H20N2O5S/c1-30-18-11-9-16(14-19(18)31-2)21-20(17(27)10-8-15-6-4-3-5-7-15)22(28)23(29)26(21)24-25-12-13-32-24/h3-14,21,28H,1-2H3/b10-8+. The van der Waals surface area contributed by atoms with Gasteiger partial charge in [-0.2, -0.15) is 0 Å². The molecule has 1 N–H and O–H groups in total. The molecule has 32 heavy (non-hydrogen) atoms. The Morgan fingerprint density at radius 1 is 1.12 bits per heavy atom. The number of allylic oxidation sites excluding steroid dienone is 1. The van der Waals surface area contributed by atoms with Crippen molar-refractivity contribution in [2.24, 2.45) is 0 Å². The Morgan fingerprint density at radius 3 is 2.53 bits per heavy atom. The van der Waals surface area contributed by atoms with Crippen LogP contribution in [0, 0.1) is 0 Å². The van der Waals surface area contributed by atoms with E-state index in [4.69, 9.17) is 9.47 Å². The number of aliphatic hydroxyl groups is 1. The largest absolute Gasteiger partial charge is 0.503 e. The van der Waals surface area contributed by atoms with E-state index >= 15 is 0 Å². The third-order valence-corrected chi connectivity index (χ3v) is 5.82. The molecule has 1 aliphatic rings. The SMILES string of the molecule is COc1ccc(C2C(C(=O)/C=C/c3ccccc3)=C(O)C(=O)N2c2nccs2)cc1OC. The topological polar surface area (TPSA) is 89.0 Å². The summed E-state index contributed by atoms with van der Waals surface area (Å²) in [6, 6.07) is 13.5. The molecule has 1 unspecified atom stereocenters. The molecule has 2 aromatic carbocycles. The predicted molar refractivity (Wildman–Crippen MR) is 122 cm³/mol. The van der Waals surface area contributed by atoms with Crippen LogP contribution < -0.4 is 14.4 Å². The van der Waals surface area contributed by atoms with Crippen LogP contribution in [0.1, 0.15) is 17.2 Å². The molecule has 0 saturated carbocycles. The molecule has 3 aromatic rings. The fraction of sp³-hybridized carbons (Fsp3) is 0.125. The van der Waals surface area contributed by atoms with Crippen molar-refractivity contribution in [3.63, 3.8) is 0 Å². The molecule has 1 amide bonds. The summed E-state index contributed by atoms with van der Waals surface area (Å²) < 4.78 is 10.7. The molecule has 0 spiro atoms. The molecule has 1 atom stereocenters. The van der Waals surface area contributed by atoms with Gasteiger partial charge in [0.15, 0.2) is 28.2 Å². The Labute approximate surface area is 188 Å². The Balaban J connectivity index is 1.80. The molecule has 2 heterocycles. The molecule has 8 heteroatoms. The molecule has 0 fully saturated rings. The summed E-state index contributed by atoms with van der Waals surface area (Å²) >= 11 is 1.24. The van der Waals surface area contributed by atoms with E-state index in [-0.39, 0.29) is 5.57 Å².